The van der Waals surface area contributed by atoms with Crippen LogP contribution in [-0.4, -0.2) is 31.7 Å². The Bertz CT molecular complexity index is 1560. The molecule has 0 aromatic heterocycles. The average Bonchev–Trinajstić information content (AvgIpc) is 3.50. The molecule has 0 unspecified atom stereocenters. The monoisotopic (exact) mass is 509 g/mol. The van der Waals surface area contributed by atoms with Crippen LogP contribution in [0.2, 0.25) is 0 Å². The highest BCUT2D eigenvalue weighted by Gasteiger charge is 2.60. The molecule has 8 heteroatoms. The number of amides is 2. The molecule has 7 rings (SSSR count). The molecule has 190 valence electrons. The second-order valence-corrected chi connectivity index (χ2v) is 9.92. The fraction of sp³-hybridized carbons (Fsp3) is 0.233. The number of aryl methyl sites for hydroxylation is 1. The third-order valence-electron chi connectivity index (χ3n) is 7.86. The number of hydrogen-bond donors (Lipinski definition) is 0. The number of nitrogens with zero attached hydrogens (tertiary/aromatic N) is 1. The number of hydrogen-bond acceptors (Lipinski definition) is 7. The number of ether oxygens (including phenoxy) is 4. The highest BCUT2D eigenvalue weighted by Crippen LogP contribution is 2.55. The summed E-state index contributed by atoms with van der Waals surface area (Å²) in [5.41, 5.74) is 3.65. The molecule has 0 radical (unpaired) electrons. The number of imide groups is 1. The second kappa shape index (κ2) is 8.21. The molecular formula is C30H23NO7. The number of benzene rings is 3. The number of esters is 1. The smallest absolute Gasteiger partial charge is 0.319 e. The van der Waals surface area contributed by atoms with E-state index in [1.807, 2.05) is 49.4 Å². The van der Waals surface area contributed by atoms with Gasteiger partial charge in [0.15, 0.2) is 11.5 Å². The highest BCUT2D eigenvalue weighted by atomic mass is 16.7. The Balaban J connectivity index is 1.40. The quantitative estimate of drug-likeness (QED) is 0.296. The van der Waals surface area contributed by atoms with Crippen molar-refractivity contribution in [3.63, 3.8) is 0 Å². The Morgan fingerprint density at radius 3 is 2.39 bits per heavy atom. The number of carbonyl (C=O) groups excluding carboxylic acids is 3. The van der Waals surface area contributed by atoms with Gasteiger partial charge >= 0.3 is 5.97 Å². The topological polar surface area (TPSA) is 91.4 Å². The molecule has 38 heavy (non-hydrogen) atoms. The molecule has 3 aliphatic heterocycles. The number of fused-ring (bicyclic) bond motifs is 6. The summed E-state index contributed by atoms with van der Waals surface area (Å²) >= 11 is 0. The van der Waals surface area contributed by atoms with Crippen molar-refractivity contribution in [2.24, 2.45) is 17.8 Å². The minimum atomic E-state index is -0.915. The maximum absolute atomic E-state index is 14.0. The van der Waals surface area contributed by atoms with Crippen molar-refractivity contribution in [1.29, 1.82) is 0 Å². The first kappa shape index (κ1) is 22.6. The molecular weight excluding hydrogens is 486 g/mol. The van der Waals surface area contributed by atoms with Crippen LogP contribution in [0.15, 0.2) is 66.7 Å². The van der Waals surface area contributed by atoms with Gasteiger partial charge in [-0.3, -0.25) is 14.4 Å². The summed E-state index contributed by atoms with van der Waals surface area (Å²) in [4.78, 5) is 42.7. The van der Waals surface area contributed by atoms with E-state index in [-0.39, 0.29) is 12.7 Å². The van der Waals surface area contributed by atoms with Crippen molar-refractivity contribution in [1.82, 2.24) is 0 Å². The summed E-state index contributed by atoms with van der Waals surface area (Å²) in [6, 6.07) is 18.0. The van der Waals surface area contributed by atoms with Gasteiger partial charge in [-0.1, -0.05) is 24.3 Å². The van der Waals surface area contributed by atoms with E-state index in [0.717, 1.165) is 16.7 Å². The van der Waals surface area contributed by atoms with Gasteiger partial charge in [0.1, 0.15) is 11.5 Å². The normalized spacial score (nSPS) is 24.8. The first-order valence-corrected chi connectivity index (χ1v) is 12.4. The summed E-state index contributed by atoms with van der Waals surface area (Å²) in [5, 5.41) is 0. The Hall–Kier alpha value is -4.59. The van der Waals surface area contributed by atoms with Gasteiger partial charge in [0.25, 0.3) is 0 Å². The summed E-state index contributed by atoms with van der Waals surface area (Å²) in [7, 11) is 1.55. The zero-order chi connectivity index (χ0) is 26.1. The second-order valence-electron chi connectivity index (χ2n) is 9.92. The van der Waals surface area contributed by atoms with Gasteiger partial charge in [0, 0.05) is 11.5 Å². The van der Waals surface area contributed by atoms with Crippen molar-refractivity contribution < 1.29 is 33.3 Å². The van der Waals surface area contributed by atoms with E-state index in [2.05, 4.69) is 0 Å². The molecule has 0 bridgehead atoms. The summed E-state index contributed by atoms with van der Waals surface area (Å²) in [5.74, 6) is -2.08. The summed E-state index contributed by atoms with van der Waals surface area (Å²) < 4.78 is 22.1. The molecule has 1 saturated heterocycles. The van der Waals surface area contributed by atoms with Crippen LogP contribution in [0.3, 0.4) is 0 Å². The van der Waals surface area contributed by atoms with Crippen LogP contribution >= 0.6 is 0 Å². The molecule has 3 heterocycles. The van der Waals surface area contributed by atoms with E-state index in [0.29, 0.717) is 34.3 Å². The lowest BCUT2D eigenvalue weighted by Crippen LogP contribution is -2.42. The number of allylic oxidation sites excluding steroid dienone is 1. The van der Waals surface area contributed by atoms with Crippen molar-refractivity contribution in [2.75, 3.05) is 18.8 Å². The van der Waals surface area contributed by atoms with Gasteiger partial charge in [-0.25, -0.2) is 4.90 Å². The fourth-order valence-corrected chi connectivity index (χ4v) is 6.10. The molecule has 3 aromatic carbocycles. The molecule has 3 aromatic rings. The van der Waals surface area contributed by atoms with E-state index in [4.69, 9.17) is 18.9 Å². The van der Waals surface area contributed by atoms with Crippen molar-refractivity contribution in [3.05, 3.63) is 83.4 Å². The number of rotatable bonds is 3. The lowest BCUT2D eigenvalue weighted by atomic mass is 9.64. The SMILES string of the molecule is COc1ccc(N2C(=O)[C@@H]3[C@@H]4C(=O)Oc5cc(C)ccc5C4=C[C@@H](c4ccc5c(c4)OCO5)[C@@H]3C2=O)cc1. The number of anilines is 1. The summed E-state index contributed by atoms with van der Waals surface area (Å²) in [6.45, 7) is 2.05. The van der Waals surface area contributed by atoms with Crippen molar-refractivity contribution in [2.45, 2.75) is 12.8 Å². The van der Waals surface area contributed by atoms with Crippen LogP contribution in [0.1, 0.15) is 22.6 Å². The summed E-state index contributed by atoms with van der Waals surface area (Å²) in [6.07, 6.45) is 1.96. The Kier molecular flexibility index (Phi) is 4.88. The van der Waals surface area contributed by atoms with Gasteiger partial charge < -0.3 is 18.9 Å². The molecule has 4 atom stereocenters. The molecule has 8 nitrogen and oxygen atoms in total. The largest absolute Gasteiger partial charge is 0.497 e. The van der Waals surface area contributed by atoms with Crippen LogP contribution in [0.25, 0.3) is 5.57 Å². The molecule has 0 N–H and O–H groups in total. The number of methoxy groups -OCH3 is 1. The Labute approximate surface area is 218 Å². The zero-order valence-electron chi connectivity index (χ0n) is 20.7. The van der Waals surface area contributed by atoms with Crippen LogP contribution < -0.4 is 23.8 Å². The standard InChI is InChI=1S/C30H23NO7/c1-15-3-9-19-21-13-20(16-4-10-22-24(12-16)37-14-36-22)25-27(26(21)30(34)38-23(19)11-15)29(33)31(28(25)32)17-5-7-18(35-2)8-6-17/h3-13,20,25-27H,14H2,1-2H3/t20-,25-,26+,27-/m0/s1. The van der Waals surface area contributed by atoms with Gasteiger partial charge in [0.05, 0.1) is 30.6 Å². The maximum Gasteiger partial charge on any atom is 0.319 e. The van der Waals surface area contributed by atoms with Crippen LogP contribution in [0.5, 0.6) is 23.0 Å². The minimum absolute atomic E-state index is 0.125. The van der Waals surface area contributed by atoms with Crippen LogP contribution in [0, 0.1) is 24.7 Å². The molecule has 0 saturated carbocycles. The van der Waals surface area contributed by atoms with Crippen molar-refractivity contribution >= 4 is 29.0 Å². The van der Waals surface area contributed by atoms with E-state index in [1.165, 1.54) is 4.90 Å². The zero-order valence-corrected chi connectivity index (χ0v) is 20.7. The van der Waals surface area contributed by atoms with Gasteiger partial charge in [0.2, 0.25) is 18.6 Å². The lowest BCUT2D eigenvalue weighted by Gasteiger charge is -2.38. The van der Waals surface area contributed by atoms with Gasteiger partial charge in [-0.05, 0) is 66.1 Å². The van der Waals surface area contributed by atoms with Crippen molar-refractivity contribution in [3.8, 4) is 23.0 Å². The van der Waals surface area contributed by atoms with Gasteiger partial charge in [-0.15, -0.1) is 0 Å². The van der Waals surface area contributed by atoms with Crippen LogP contribution in [0.4, 0.5) is 5.69 Å². The molecule has 1 aliphatic carbocycles. The van der Waals surface area contributed by atoms with E-state index in [9.17, 15) is 14.4 Å². The van der Waals surface area contributed by atoms with E-state index < -0.39 is 35.5 Å². The van der Waals surface area contributed by atoms with Gasteiger partial charge in [-0.2, -0.15) is 0 Å². The van der Waals surface area contributed by atoms with E-state index in [1.54, 1.807) is 31.4 Å². The molecule has 1 fully saturated rings. The molecule has 2 amide bonds. The average molecular weight is 510 g/mol. The predicted octanol–water partition coefficient (Wildman–Crippen LogP) is 4.25. The predicted molar refractivity (Wildman–Crippen MR) is 136 cm³/mol. The third-order valence-corrected chi connectivity index (χ3v) is 7.86. The maximum atomic E-state index is 14.0. The molecule has 0 spiro atoms. The first-order chi connectivity index (χ1) is 18.4. The highest BCUT2D eigenvalue weighted by molar-refractivity contribution is 6.24. The Morgan fingerprint density at radius 2 is 1.61 bits per heavy atom. The van der Waals surface area contributed by atoms with E-state index >= 15 is 0 Å². The third kappa shape index (κ3) is 3.19. The minimum Gasteiger partial charge on any atom is -0.497 e. The lowest BCUT2D eigenvalue weighted by molar-refractivity contribution is -0.142. The molecule has 4 aliphatic rings. The van der Waals surface area contributed by atoms with Crippen LogP contribution in [-0.2, 0) is 14.4 Å². The number of carbonyl (C=O) groups is 3. The fourth-order valence-electron chi connectivity index (χ4n) is 6.10. The Morgan fingerprint density at radius 1 is 0.842 bits per heavy atom. The first-order valence-electron chi connectivity index (χ1n) is 12.4.